The highest BCUT2D eigenvalue weighted by Crippen LogP contribution is 2.28. The largest absolute Gasteiger partial charge is 0.388 e. The van der Waals surface area contributed by atoms with Gasteiger partial charge in [0.15, 0.2) is 5.82 Å². The minimum atomic E-state index is -4.67. The van der Waals surface area contributed by atoms with Crippen molar-refractivity contribution >= 4 is 38.6 Å². The number of likely N-dealkylation sites (tertiary alicyclic amines) is 1. The first-order valence-corrected chi connectivity index (χ1v) is 13.5. The van der Waals surface area contributed by atoms with E-state index in [9.17, 15) is 17.2 Å². The van der Waals surface area contributed by atoms with Crippen LogP contribution in [0.3, 0.4) is 0 Å². The minimum Gasteiger partial charge on any atom is -0.388 e. The number of hydrogen-bond acceptors (Lipinski definition) is 6. The van der Waals surface area contributed by atoms with Gasteiger partial charge in [0.1, 0.15) is 21.7 Å². The summed E-state index contributed by atoms with van der Waals surface area (Å²) in [4.78, 5) is 5.21. The number of rotatable bonds is 8. The van der Waals surface area contributed by atoms with Crippen molar-refractivity contribution in [1.29, 1.82) is 5.41 Å². The van der Waals surface area contributed by atoms with Gasteiger partial charge in [0, 0.05) is 29.6 Å². The van der Waals surface area contributed by atoms with Gasteiger partial charge in [-0.25, -0.2) is 26.6 Å². The summed E-state index contributed by atoms with van der Waals surface area (Å²) >= 11 is 6.07. The van der Waals surface area contributed by atoms with Crippen LogP contribution in [0.4, 0.5) is 18.9 Å². The molecule has 0 spiro atoms. The summed E-state index contributed by atoms with van der Waals surface area (Å²) in [6.07, 6.45) is 4.85. The number of benzene rings is 2. The predicted molar refractivity (Wildman–Crippen MR) is 141 cm³/mol. The van der Waals surface area contributed by atoms with Crippen LogP contribution in [0.2, 0.25) is 5.15 Å². The fraction of sp³-hybridized carbons (Fsp3) is 0.231. The zero-order valence-electron chi connectivity index (χ0n) is 20.3. The first kappa shape index (κ1) is 27.6. The van der Waals surface area contributed by atoms with E-state index < -0.39 is 38.1 Å². The number of nitrogens with zero attached hydrogens (tertiary/aromatic N) is 2. The summed E-state index contributed by atoms with van der Waals surface area (Å²) in [6.45, 7) is 1.81. The van der Waals surface area contributed by atoms with E-state index in [4.69, 9.17) is 17.0 Å². The predicted octanol–water partition coefficient (Wildman–Crippen LogP) is 5.05. The van der Waals surface area contributed by atoms with Crippen LogP contribution >= 0.6 is 11.6 Å². The summed E-state index contributed by atoms with van der Waals surface area (Å²) < 4.78 is 70.7. The molecule has 0 unspecified atom stereocenters. The van der Waals surface area contributed by atoms with Gasteiger partial charge in [0.25, 0.3) is 10.0 Å². The van der Waals surface area contributed by atoms with Gasteiger partial charge >= 0.3 is 0 Å². The maximum absolute atomic E-state index is 15.6. The molecule has 7 nitrogen and oxygen atoms in total. The monoisotopic (exact) mass is 563 g/mol. The molecule has 3 aromatic rings. The lowest BCUT2D eigenvalue weighted by Gasteiger charge is -2.29. The number of pyridine rings is 1. The lowest BCUT2D eigenvalue weighted by atomic mass is 9.96. The Labute approximate surface area is 223 Å². The number of anilines is 1. The van der Waals surface area contributed by atoms with Crippen molar-refractivity contribution in [2.75, 3.05) is 24.9 Å². The van der Waals surface area contributed by atoms with E-state index in [-0.39, 0.29) is 22.5 Å². The van der Waals surface area contributed by atoms with Gasteiger partial charge < -0.3 is 10.2 Å². The second kappa shape index (κ2) is 11.5. The maximum Gasteiger partial charge on any atom is 0.265 e. The molecular weight excluding hydrogens is 539 g/mol. The first-order valence-electron chi connectivity index (χ1n) is 11.7. The van der Waals surface area contributed by atoms with Gasteiger partial charge in [0.05, 0.1) is 11.4 Å². The van der Waals surface area contributed by atoms with Crippen molar-refractivity contribution in [2.24, 2.45) is 0 Å². The van der Waals surface area contributed by atoms with Gasteiger partial charge in [-0.2, -0.15) is 0 Å². The molecule has 2 aromatic carbocycles. The van der Waals surface area contributed by atoms with Crippen LogP contribution in [0.15, 0.2) is 65.8 Å². The molecule has 0 atom stereocenters. The molecule has 1 aliphatic heterocycles. The number of sulfonamides is 1. The Morgan fingerprint density at radius 3 is 2.58 bits per heavy atom. The fourth-order valence-corrected chi connectivity index (χ4v) is 5.40. The van der Waals surface area contributed by atoms with Crippen molar-refractivity contribution < 1.29 is 21.6 Å². The highest BCUT2D eigenvalue weighted by atomic mass is 35.5. The molecule has 1 aromatic heterocycles. The number of nitrogens with one attached hydrogen (secondary N) is 3. The van der Waals surface area contributed by atoms with Crippen LogP contribution in [0.25, 0.3) is 5.57 Å². The quantitative estimate of drug-likeness (QED) is 0.263. The smallest absolute Gasteiger partial charge is 0.265 e. The van der Waals surface area contributed by atoms with E-state index in [1.165, 1.54) is 24.4 Å². The van der Waals surface area contributed by atoms with Crippen LogP contribution in [-0.4, -0.2) is 50.2 Å². The van der Waals surface area contributed by atoms with E-state index in [1.54, 1.807) is 12.3 Å². The van der Waals surface area contributed by atoms with E-state index in [2.05, 4.69) is 15.2 Å². The highest BCUT2D eigenvalue weighted by molar-refractivity contribution is 7.92. The third-order valence-electron chi connectivity index (χ3n) is 6.18. The molecule has 2 heterocycles. The molecular formula is C26H25ClF3N5O2S. The van der Waals surface area contributed by atoms with Crippen molar-refractivity contribution in [3.63, 3.8) is 0 Å². The Morgan fingerprint density at radius 1 is 1.13 bits per heavy atom. The van der Waals surface area contributed by atoms with Crippen LogP contribution < -0.4 is 10.0 Å². The number of halogens is 4. The molecule has 0 bridgehead atoms. The molecule has 4 rings (SSSR count). The van der Waals surface area contributed by atoms with Crippen LogP contribution in [-0.2, 0) is 10.0 Å². The Morgan fingerprint density at radius 2 is 1.87 bits per heavy atom. The summed E-state index contributed by atoms with van der Waals surface area (Å²) in [5.41, 5.74) is -0.172. The SMILES string of the molecule is CN1CCC(N/C=C(\C(=N)c2cccc(NS(=O)(=O)c3cc(F)ccc3F)c2F)c2ccnc(Cl)c2)CC1. The number of piperidine rings is 1. The number of aromatic nitrogens is 1. The number of hydrogen-bond donors (Lipinski definition) is 3. The molecule has 0 amide bonds. The molecule has 200 valence electrons. The molecule has 1 fully saturated rings. The highest BCUT2D eigenvalue weighted by Gasteiger charge is 2.24. The Balaban J connectivity index is 1.68. The zero-order valence-corrected chi connectivity index (χ0v) is 21.9. The van der Waals surface area contributed by atoms with Gasteiger partial charge in [-0.3, -0.25) is 10.1 Å². The molecule has 12 heteroatoms. The van der Waals surface area contributed by atoms with Crippen molar-refractivity contribution in [1.82, 2.24) is 15.2 Å². The molecule has 0 radical (unpaired) electrons. The average molecular weight is 564 g/mol. The topological polar surface area (TPSA) is 98.2 Å². The van der Waals surface area contributed by atoms with Crippen molar-refractivity contribution in [3.8, 4) is 0 Å². The van der Waals surface area contributed by atoms with Gasteiger partial charge in [0.2, 0.25) is 0 Å². The van der Waals surface area contributed by atoms with Gasteiger partial charge in [-0.1, -0.05) is 17.7 Å². The van der Waals surface area contributed by atoms with Crippen molar-refractivity contribution in [2.45, 2.75) is 23.8 Å². The zero-order chi connectivity index (χ0) is 27.4. The summed E-state index contributed by atoms with van der Waals surface area (Å²) in [6, 6.07) is 9.06. The second-order valence-electron chi connectivity index (χ2n) is 8.89. The molecule has 3 N–H and O–H groups in total. The Hall–Kier alpha value is -3.41. The Bertz CT molecular complexity index is 1490. The molecule has 0 aliphatic carbocycles. The number of allylic oxidation sites excluding steroid dienone is 1. The molecule has 0 saturated carbocycles. The van der Waals surface area contributed by atoms with E-state index >= 15 is 4.39 Å². The lowest BCUT2D eigenvalue weighted by molar-refractivity contribution is 0.244. The van der Waals surface area contributed by atoms with Crippen LogP contribution in [0.5, 0.6) is 0 Å². The van der Waals surface area contributed by atoms with Gasteiger partial charge in [-0.05, 0) is 81.0 Å². The fourth-order valence-electron chi connectivity index (χ4n) is 4.08. The molecule has 1 aliphatic rings. The van der Waals surface area contributed by atoms with E-state index in [0.717, 1.165) is 38.1 Å². The second-order valence-corrected chi connectivity index (χ2v) is 10.9. The standard InChI is InChI=1S/C26H25ClF3N5O2S/c1-35-11-8-18(9-12-35)33-15-20(16-7-10-32-24(27)13-16)26(31)19-3-2-4-22(25(19)30)34-38(36,37)23-14-17(28)5-6-21(23)29/h2-7,10,13-15,18,31,33-34H,8-9,11-12H2,1H3/b20-15-,31-26?. The average Bonchev–Trinajstić information content (AvgIpc) is 2.88. The van der Waals surface area contributed by atoms with E-state index in [1.807, 2.05) is 11.8 Å². The first-order chi connectivity index (χ1) is 18.0. The summed E-state index contributed by atoms with van der Waals surface area (Å²) in [7, 11) is -2.63. The maximum atomic E-state index is 15.6. The third-order valence-corrected chi connectivity index (χ3v) is 7.77. The van der Waals surface area contributed by atoms with E-state index in [0.29, 0.717) is 23.3 Å². The third kappa shape index (κ3) is 6.35. The lowest BCUT2D eigenvalue weighted by Crippen LogP contribution is -2.39. The summed E-state index contributed by atoms with van der Waals surface area (Å²) in [5, 5.41) is 12.3. The van der Waals surface area contributed by atoms with Crippen molar-refractivity contribution in [3.05, 3.63) is 94.7 Å². The van der Waals surface area contributed by atoms with Crippen LogP contribution in [0.1, 0.15) is 24.0 Å². The molecule has 1 saturated heterocycles. The molecule has 38 heavy (non-hydrogen) atoms. The normalized spacial score (nSPS) is 15.3. The minimum absolute atomic E-state index is 0.149. The summed E-state index contributed by atoms with van der Waals surface area (Å²) in [5.74, 6) is -3.21. The Kier molecular flexibility index (Phi) is 8.39. The van der Waals surface area contributed by atoms with Crippen LogP contribution in [0, 0.1) is 22.9 Å². The van der Waals surface area contributed by atoms with Gasteiger partial charge in [-0.15, -0.1) is 0 Å².